The highest BCUT2D eigenvalue weighted by molar-refractivity contribution is 9.10. The minimum absolute atomic E-state index is 0.0573. The summed E-state index contributed by atoms with van der Waals surface area (Å²) < 4.78 is 50.7. The van der Waals surface area contributed by atoms with Gasteiger partial charge in [0.15, 0.2) is 5.78 Å². The Bertz CT molecular complexity index is 662. The van der Waals surface area contributed by atoms with Gasteiger partial charge < -0.3 is 0 Å². The average molecular weight is 361 g/mol. The van der Waals surface area contributed by atoms with Gasteiger partial charge >= 0.3 is 6.18 Å². The molecule has 0 saturated carbocycles. The molecule has 110 valence electrons. The summed E-state index contributed by atoms with van der Waals surface area (Å²) in [5, 5.41) is 0. The van der Waals surface area contributed by atoms with E-state index in [1.54, 1.807) is 0 Å². The average Bonchev–Trinajstić information content (AvgIpc) is 2.41. The first-order valence-electron chi connectivity index (χ1n) is 5.92. The molecular weight excluding hydrogens is 352 g/mol. The van der Waals surface area contributed by atoms with Crippen molar-refractivity contribution >= 4 is 21.7 Å². The Morgan fingerprint density at radius 3 is 2.24 bits per heavy atom. The lowest BCUT2D eigenvalue weighted by molar-refractivity contribution is -0.137. The highest BCUT2D eigenvalue weighted by Crippen LogP contribution is 2.29. The molecule has 21 heavy (non-hydrogen) atoms. The Morgan fingerprint density at radius 2 is 1.67 bits per heavy atom. The van der Waals surface area contributed by atoms with Gasteiger partial charge in [0, 0.05) is 12.0 Å². The highest BCUT2D eigenvalue weighted by atomic mass is 79.9. The lowest BCUT2D eigenvalue weighted by Gasteiger charge is -2.08. The normalized spacial score (nSPS) is 11.5. The molecule has 2 rings (SSSR count). The number of Topliss-reactive ketones (excluding diaryl/α,β-unsaturated/α-hetero) is 1. The number of ketones is 1. The van der Waals surface area contributed by atoms with Gasteiger partial charge in [0.05, 0.1) is 10.0 Å². The molecule has 0 fully saturated rings. The molecular formula is C15H9BrF4O. The van der Waals surface area contributed by atoms with Gasteiger partial charge in [-0.15, -0.1) is 0 Å². The fourth-order valence-electron chi connectivity index (χ4n) is 1.81. The topological polar surface area (TPSA) is 17.1 Å². The van der Waals surface area contributed by atoms with Gasteiger partial charge in [-0.25, -0.2) is 4.39 Å². The van der Waals surface area contributed by atoms with Gasteiger partial charge in [-0.05, 0) is 39.7 Å². The summed E-state index contributed by atoms with van der Waals surface area (Å²) >= 11 is 2.99. The van der Waals surface area contributed by atoms with E-state index in [1.807, 2.05) is 0 Å². The summed E-state index contributed by atoms with van der Waals surface area (Å²) in [4.78, 5) is 12.1. The van der Waals surface area contributed by atoms with Crippen molar-refractivity contribution in [3.05, 3.63) is 69.4 Å². The number of halogens is 5. The molecule has 0 amide bonds. The number of benzene rings is 2. The molecule has 0 aliphatic rings. The first kappa shape index (κ1) is 15.7. The van der Waals surface area contributed by atoms with E-state index in [4.69, 9.17) is 0 Å². The second-order valence-corrected chi connectivity index (χ2v) is 5.19. The maximum Gasteiger partial charge on any atom is 0.416 e. The third-order valence-corrected chi connectivity index (χ3v) is 3.70. The molecule has 2 aromatic carbocycles. The van der Waals surface area contributed by atoms with E-state index in [1.165, 1.54) is 30.3 Å². The first-order chi connectivity index (χ1) is 9.79. The molecule has 2 aromatic rings. The predicted octanol–water partition coefficient (Wildman–Crippen LogP) is 5.03. The highest BCUT2D eigenvalue weighted by Gasteiger charge is 2.30. The third-order valence-electron chi connectivity index (χ3n) is 2.90. The standard InChI is InChI=1S/C15H9BrF4O/c16-14-11(2-1-3-12(14)17)13(21)8-9-4-6-10(7-5-9)15(18,19)20/h1-7H,8H2. The van der Waals surface area contributed by atoms with Crippen LogP contribution in [0.4, 0.5) is 17.6 Å². The summed E-state index contributed by atoms with van der Waals surface area (Å²) in [5.74, 6) is -0.936. The van der Waals surface area contributed by atoms with Crippen LogP contribution in [0.3, 0.4) is 0 Å². The Balaban J connectivity index is 2.18. The largest absolute Gasteiger partial charge is 0.416 e. The molecule has 0 N–H and O–H groups in total. The summed E-state index contributed by atoms with van der Waals surface area (Å²) in [6.45, 7) is 0. The second-order valence-electron chi connectivity index (χ2n) is 4.40. The summed E-state index contributed by atoms with van der Waals surface area (Å²) in [6.07, 6.45) is -4.51. The van der Waals surface area contributed by atoms with Crippen LogP contribution < -0.4 is 0 Å². The Kier molecular flexibility index (Phi) is 4.46. The summed E-state index contributed by atoms with van der Waals surface area (Å²) in [5.41, 5.74) is -0.176. The zero-order valence-electron chi connectivity index (χ0n) is 10.5. The number of hydrogen-bond donors (Lipinski definition) is 0. The second kappa shape index (κ2) is 5.97. The van der Waals surface area contributed by atoms with Crippen LogP contribution in [0.2, 0.25) is 0 Å². The number of carbonyl (C=O) groups is 1. The van der Waals surface area contributed by atoms with Crippen LogP contribution in [0.1, 0.15) is 21.5 Å². The van der Waals surface area contributed by atoms with Crippen LogP contribution in [0.5, 0.6) is 0 Å². The van der Waals surface area contributed by atoms with E-state index in [0.717, 1.165) is 12.1 Å². The quantitative estimate of drug-likeness (QED) is 0.554. The van der Waals surface area contributed by atoms with Gasteiger partial charge in [-0.2, -0.15) is 13.2 Å². The Morgan fingerprint density at radius 1 is 1.05 bits per heavy atom. The molecule has 1 nitrogen and oxygen atoms in total. The molecule has 0 radical (unpaired) electrons. The minimum Gasteiger partial charge on any atom is -0.294 e. The van der Waals surface area contributed by atoms with Crippen molar-refractivity contribution in [3.63, 3.8) is 0 Å². The minimum atomic E-state index is -4.41. The zero-order chi connectivity index (χ0) is 15.6. The van der Waals surface area contributed by atoms with Crippen LogP contribution in [-0.2, 0) is 12.6 Å². The van der Waals surface area contributed by atoms with E-state index in [9.17, 15) is 22.4 Å². The lowest BCUT2D eigenvalue weighted by Crippen LogP contribution is -2.07. The molecule has 0 atom stereocenters. The maximum absolute atomic E-state index is 13.3. The monoisotopic (exact) mass is 360 g/mol. The van der Waals surface area contributed by atoms with E-state index in [2.05, 4.69) is 15.9 Å². The van der Waals surface area contributed by atoms with E-state index in [0.29, 0.717) is 5.56 Å². The Labute approximate surface area is 126 Å². The van der Waals surface area contributed by atoms with Gasteiger partial charge in [-0.3, -0.25) is 4.79 Å². The molecule has 0 bridgehead atoms. The third kappa shape index (κ3) is 3.69. The van der Waals surface area contributed by atoms with Gasteiger partial charge in [-0.1, -0.05) is 24.3 Å². The van der Waals surface area contributed by atoms with E-state index in [-0.39, 0.29) is 22.2 Å². The Hall–Kier alpha value is -1.69. The fourth-order valence-corrected chi connectivity index (χ4v) is 2.30. The van der Waals surface area contributed by atoms with Crippen molar-refractivity contribution in [2.75, 3.05) is 0 Å². The fraction of sp³-hybridized carbons (Fsp3) is 0.133. The van der Waals surface area contributed by atoms with Gasteiger partial charge in [0.2, 0.25) is 0 Å². The molecule has 0 aliphatic carbocycles. The smallest absolute Gasteiger partial charge is 0.294 e. The molecule has 6 heteroatoms. The van der Waals surface area contributed by atoms with Gasteiger partial charge in [0.1, 0.15) is 5.82 Å². The van der Waals surface area contributed by atoms with Crippen LogP contribution in [0, 0.1) is 5.82 Å². The van der Waals surface area contributed by atoms with Crippen molar-refractivity contribution in [1.29, 1.82) is 0 Å². The van der Waals surface area contributed by atoms with Gasteiger partial charge in [0.25, 0.3) is 0 Å². The van der Waals surface area contributed by atoms with Crippen molar-refractivity contribution in [2.24, 2.45) is 0 Å². The summed E-state index contributed by atoms with van der Waals surface area (Å²) in [6, 6.07) is 8.40. The molecule has 0 heterocycles. The maximum atomic E-state index is 13.3. The predicted molar refractivity (Wildman–Crippen MR) is 73.6 cm³/mol. The lowest BCUT2D eigenvalue weighted by atomic mass is 10.0. The van der Waals surface area contributed by atoms with Crippen molar-refractivity contribution in [3.8, 4) is 0 Å². The number of rotatable bonds is 3. The zero-order valence-corrected chi connectivity index (χ0v) is 12.1. The van der Waals surface area contributed by atoms with E-state index < -0.39 is 17.6 Å². The molecule has 0 aliphatic heterocycles. The number of hydrogen-bond acceptors (Lipinski definition) is 1. The van der Waals surface area contributed by atoms with Crippen molar-refractivity contribution < 1.29 is 22.4 Å². The van der Waals surface area contributed by atoms with E-state index >= 15 is 0 Å². The van der Waals surface area contributed by atoms with Crippen LogP contribution in [-0.4, -0.2) is 5.78 Å². The summed E-state index contributed by atoms with van der Waals surface area (Å²) in [7, 11) is 0. The van der Waals surface area contributed by atoms with Crippen LogP contribution >= 0.6 is 15.9 Å². The van der Waals surface area contributed by atoms with Crippen LogP contribution in [0.15, 0.2) is 46.9 Å². The molecule has 0 unspecified atom stereocenters. The van der Waals surface area contributed by atoms with Crippen molar-refractivity contribution in [1.82, 2.24) is 0 Å². The molecule has 0 aromatic heterocycles. The molecule has 0 spiro atoms. The SMILES string of the molecule is O=C(Cc1ccc(C(F)(F)F)cc1)c1cccc(F)c1Br. The first-order valence-corrected chi connectivity index (χ1v) is 6.71. The number of alkyl halides is 3. The number of carbonyl (C=O) groups excluding carboxylic acids is 1. The molecule has 0 saturated heterocycles. The van der Waals surface area contributed by atoms with Crippen LogP contribution in [0.25, 0.3) is 0 Å². The van der Waals surface area contributed by atoms with Crippen molar-refractivity contribution in [2.45, 2.75) is 12.6 Å².